The van der Waals surface area contributed by atoms with Crippen LogP contribution in [0.15, 0.2) is 35.3 Å². The number of aliphatic imine (C=N–C) groups is 1. The number of nitrogens with zero attached hydrogens (tertiary/aromatic N) is 2. The van der Waals surface area contributed by atoms with E-state index in [9.17, 15) is 0 Å². The van der Waals surface area contributed by atoms with Crippen LogP contribution in [-0.4, -0.2) is 17.8 Å². The van der Waals surface area contributed by atoms with Gasteiger partial charge in [-0.2, -0.15) is 0 Å². The fourth-order valence-electron chi connectivity index (χ4n) is 1.50. The number of ether oxygens (including phenoxy) is 1. The average Bonchev–Trinajstić information content (AvgIpc) is 2.28. The van der Waals surface area contributed by atoms with E-state index in [1.165, 1.54) is 0 Å². The lowest BCUT2D eigenvalue weighted by Crippen LogP contribution is -2.16. The molecular weight excluding hydrogens is 202 g/mol. The molecule has 0 saturated carbocycles. The van der Waals surface area contributed by atoms with Gasteiger partial charge in [0.1, 0.15) is 11.6 Å². The van der Waals surface area contributed by atoms with Crippen LogP contribution in [0.5, 0.6) is 5.75 Å². The number of hydrogen-bond acceptors (Lipinski definition) is 4. The second-order valence-electron chi connectivity index (χ2n) is 3.91. The van der Waals surface area contributed by atoms with Gasteiger partial charge in [0.05, 0.1) is 12.8 Å². The molecule has 0 spiro atoms. The van der Waals surface area contributed by atoms with Crippen LogP contribution in [0.25, 0.3) is 0 Å². The van der Waals surface area contributed by atoms with Crippen molar-refractivity contribution in [3.63, 3.8) is 0 Å². The highest BCUT2D eigenvalue weighted by Crippen LogP contribution is 2.14. The molecule has 1 aromatic heterocycles. The molecule has 2 heterocycles. The molecule has 4 heteroatoms. The molecule has 0 amide bonds. The quantitative estimate of drug-likeness (QED) is 0.837. The topological polar surface area (TPSA) is 60.5 Å². The van der Waals surface area contributed by atoms with Gasteiger partial charge in [-0.15, -0.1) is 0 Å². The van der Waals surface area contributed by atoms with Crippen molar-refractivity contribution in [3.8, 4) is 5.75 Å². The van der Waals surface area contributed by atoms with Crippen LogP contribution in [0, 0.1) is 12.8 Å². The molecule has 0 bridgehead atoms. The number of allylic oxidation sites excluding steroid dienone is 1. The van der Waals surface area contributed by atoms with E-state index in [-0.39, 0.29) is 0 Å². The Morgan fingerprint density at radius 3 is 3.06 bits per heavy atom. The van der Waals surface area contributed by atoms with E-state index in [0.717, 1.165) is 17.7 Å². The van der Waals surface area contributed by atoms with Gasteiger partial charge in [0, 0.05) is 18.3 Å². The first-order chi connectivity index (χ1) is 7.74. The Bertz CT molecular complexity index is 426. The molecule has 1 aliphatic rings. The molecule has 0 saturated heterocycles. The summed E-state index contributed by atoms with van der Waals surface area (Å²) in [5.41, 5.74) is 6.63. The Kier molecular flexibility index (Phi) is 3.19. The Hall–Kier alpha value is -1.84. The summed E-state index contributed by atoms with van der Waals surface area (Å²) in [6.07, 6.45) is 8.17. The minimum atomic E-state index is 0.299. The van der Waals surface area contributed by atoms with Crippen molar-refractivity contribution in [1.82, 2.24) is 4.98 Å². The third-order valence-corrected chi connectivity index (χ3v) is 2.38. The van der Waals surface area contributed by atoms with Gasteiger partial charge in [0.2, 0.25) is 0 Å². The second-order valence-corrected chi connectivity index (χ2v) is 3.91. The maximum absolute atomic E-state index is 5.64. The molecule has 0 aromatic carbocycles. The van der Waals surface area contributed by atoms with E-state index < -0.39 is 0 Å². The first kappa shape index (κ1) is 10.7. The second kappa shape index (κ2) is 4.79. The van der Waals surface area contributed by atoms with E-state index in [1.807, 2.05) is 25.3 Å². The Labute approximate surface area is 94.9 Å². The largest absolute Gasteiger partial charge is 0.491 e. The summed E-state index contributed by atoms with van der Waals surface area (Å²) in [6.45, 7) is 2.60. The molecule has 2 rings (SSSR count). The van der Waals surface area contributed by atoms with Crippen molar-refractivity contribution in [2.75, 3.05) is 6.61 Å². The zero-order chi connectivity index (χ0) is 11.4. The maximum Gasteiger partial charge on any atom is 0.137 e. The van der Waals surface area contributed by atoms with Gasteiger partial charge in [-0.05, 0) is 31.1 Å². The van der Waals surface area contributed by atoms with Crippen LogP contribution < -0.4 is 10.5 Å². The Morgan fingerprint density at radius 2 is 2.38 bits per heavy atom. The smallest absolute Gasteiger partial charge is 0.137 e. The van der Waals surface area contributed by atoms with Gasteiger partial charge in [-0.1, -0.05) is 0 Å². The molecule has 1 aliphatic heterocycles. The van der Waals surface area contributed by atoms with Crippen molar-refractivity contribution >= 4 is 6.21 Å². The summed E-state index contributed by atoms with van der Waals surface area (Å²) in [5, 5.41) is 0. The number of aryl methyl sites for hydroxylation is 1. The molecular formula is C12H15N3O. The first-order valence-corrected chi connectivity index (χ1v) is 5.28. The summed E-state index contributed by atoms with van der Waals surface area (Å²) in [4.78, 5) is 8.13. The van der Waals surface area contributed by atoms with Crippen molar-refractivity contribution in [3.05, 3.63) is 35.9 Å². The van der Waals surface area contributed by atoms with E-state index in [0.29, 0.717) is 18.3 Å². The normalized spacial score (nSPS) is 19.3. The summed E-state index contributed by atoms with van der Waals surface area (Å²) in [5.74, 6) is 1.69. The molecule has 0 radical (unpaired) electrons. The molecule has 2 N–H and O–H groups in total. The fraction of sp³-hybridized carbons (Fsp3) is 0.333. The minimum absolute atomic E-state index is 0.299. The van der Waals surface area contributed by atoms with E-state index >= 15 is 0 Å². The van der Waals surface area contributed by atoms with Gasteiger partial charge in [0.25, 0.3) is 0 Å². The zero-order valence-electron chi connectivity index (χ0n) is 9.26. The molecule has 1 unspecified atom stereocenters. The van der Waals surface area contributed by atoms with Gasteiger partial charge in [0.15, 0.2) is 0 Å². The summed E-state index contributed by atoms with van der Waals surface area (Å²) in [6, 6.07) is 1.97. The van der Waals surface area contributed by atoms with Crippen LogP contribution >= 0.6 is 0 Å². The molecule has 0 fully saturated rings. The standard InChI is InChI=1S/C12H15N3O/c1-9-4-11(7-14-5-9)16-8-10-2-3-12(13)15-6-10/h3-7,10H,2,8,13H2,1H3. The lowest BCUT2D eigenvalue weighted by Gasteiger charge is -2.14. The molecule has 1 atom stereocenters. The van der Waals surface area contributed by atoms with Crippen molar-refractivity contribution in [2.24, 2.45) is 16.6 Å². The number of hydrogen-bond donors (Lipinski definition) is 1. The van der Waals surface area contributed by atoms with Crippen LogP contribution in [-0.2, 0) is 0 Å². The van der Waals surface area contributed by atoms with E-state index in [4.69, 9.17) is 10.5 Å². The van der Waals surface area contributed by atoms with Crippen molar-refractivity contribution in [2.45, 2.75) is 13.3 Å². The first-order valence-electron chi connectivity index (χ1n) is 5.28. The molecule has 0 aliphatic carbocycles. The average molecular weight is 217 g/mol. The highest BCUT2D eigenvalue weighted by atomic mass is 16.5. The van der Waals surface area contributed by atoms with Crippen molar-refractivity contribution in [1.29, 1.82) is 0 Å². The monoisotopic (exact) mass is 217 g/mol. The predicted octanol–water partition coefficient (Wildman–Crippen LogP) is 1.66. The summed E-state index contributed by atoms with van der Waals surface area (Å²) < 4.78 is 5.64. The van der Waals surface area contributed by atoms with Crippen LogP contribution in [0.4, 0.5) is 0 Å². The van der Waals surface area contributed by atoms with Crippen LogP contribution in [0.3, 0.4) is 0 Å². The lowest BCUT2D eigenvalue weighted by molar-refractivity contribution is 0.285. The van der Waals surface area contributed by atoms with Crippen molar-refractivity contribution < 1.29 is 4.74 Å². The third kappa shape index (κ3) is 2.82. The lowest BCUT2D eigenvalue weighted by atomic mass is 10.1. The molecule has 1 aromatic rings. The van der Waals surface area contributed by atoms with Gasteiger partial charge >= 0.3 is 0 Å². The van der Waals surface area contributed by atoms with Crippen LogP contribution in [0.1, 0.15) is 12.0 Å². The number of aromatic nitrogens is 1. The highest BCUT2D eigenvalue weighted by Gasteiger charge is 2.09. The Balaban J connectivity index is 1.87. The van der Waals surface area contributed by atoms with Gasteiger partial charge in [-0.3, -0.25) is 4.98 Å². The van der Waals surface area contributed by atoms with Gasteiger partial charge < -0.3 is 10.5 Å². The summed E-state index contributed by atoms with van der Waals surface area (Å²) >= 11 is 0. The third-order valence-electron chi connectivity index (χ3n) is 2.38. The molecule has 16 heavy (non-hydrogen) atoms. The van der Waals surface area contributed by atoms with Gasteiger partial charge in [-0.25, -0.2) is 4.99 Å². The number of pyridine rings is 1. The fourth-order valence-corrected chi connectivity index (χ4v) is 1.50. The molecule has 84 valence electrons. The van der Waals surface area contributed by atoms with E-state index in [2.05, 4.69) is 9.98 Å². The SMILES string of the molecule is Cc1cncc(OCC2C=NC(N)=CC2)c1. The highest BCUT2D eigenvalue weighted by molar-refractivity contribution is 5.64. The maximum atomic E-state index is 5.64. The summed E-state index contributed by atoms with van der Waals surface area (Å²) in [7, 11) is 0. The van der Waals surface area contributed by atoms with E-state index in [1.54, 1.807) is 12.4 Å². The number of nitrogens with two attached hydrogens (primary N) is 1. The molecule has 4 nitrogen and oxygen atoms in total. The number of rotatable bonds is 3. The zero-order valence-corrected chi connectivity index (χ0v) is 9.26. The minimum Gasteiger partial charge on any atom is -0.491 e. The van der Waals surface area contributed by atoms with Crippen LogP contribution in [0.2, 0.25) is 0 Å². The predicted molar refractivity (Wildman–Crippen MR) is 63.3 cm³/mol. The Morgan fingerprint density at radius 1 is 1.50 bits per heavy atom.